The fourth-order valence-corrected chi connectivity index (χ4v) is 3.27. The number of ether oxygens (including phenoxy) is 1. The van der Waals surface area contributed by atoms with Crippen LogP contribution in [-0.2, 0) is 19.1 Å². The topological polar surface area (TPSA) is 63.7 Å². The van der Waals surface area contributed by atoms with Crippen molar-refractivity contribution in [3.63, 3.8) is 0 Å². The van der Waals surface area contributed by atoms with E-state index in [1.54, 1.807) is 13.0 Å². The molecular weight excluding hydrogens is 302 g/mol. The third-order valence-electron chi connectivity index (χ3n) is 3.63. The predicted molar refractivity (Wildman–Crippen MR) is 85.9 cm³/mol. The van der Waals surface area contributed by atoms with Crippen LogP contribution in [0.4, 0.5) is 5.69 Å². The lowest BCUT2D eigenvalue weighted by Crippen LogP contribution is -2.32. The van der Waals surface area contributed by atoms with Gasteiger partial charge in [-0.2, -0.15) is 0 Å². The van der Waals surface area contributed by atoms with Crippen molar-refractivity contribution >= 4 is 35.2 Å². The molecule has 1 aromatic carbocycles. The van der Waals surface area contributed by atoms with Crippen LogP contribution in [-0.4, -0.2) is 35.4 Å². The van der Waals surface area contributed by atoms with E-state index in [0.29, 0.717) is 12.3 Å². The zero-order valence-corrected chi connectivity index (χ0v) is 13.7. The molecule has 1 saturated heterocycles. The maximum Gasteiger partial charge on any atom is 0.315 e. The number of carbonyl (C=O) groups is 3. The monoisotopic (exact) mass is 321 g/mol. The van der Waals surface area contributed by atoms with Gasteiger partial charge in [-0.25, -0.2) is 4.90 Å². The van der Waals surface area contributed by atoms with E-state index in [1.165, 1.54) is 16.7 Å². The number of amides is 2. The maximum atomic E-state index is 12.5. The summed E-state index contributed by atoms with van der Waals surface area (Å²) in [6.45, 7) is 5.88. The molecule has 1 aliphatic heterocycles. The Kier molecular flexibility index (Phi) is 5.24. The molecule has 1 fully saturated rings. The fourth-order valence-electron chi connectivity index (χ4n) is 2.34. The Morgan fingerprint density at radius 1 is 1.36 bits per heavy atom. The summed E-state index contributed by atoms with van der Waals surface area (Å²) in [5.74, 6) is -0.760. The van der Waals surface area contributed by atoms with Gasteiger partial charge in [0, 0.05) is 6.42 Å². The van der Waals surface area contributed by atoms with Gasteiger partial charge < -0.3 is 4.74 Å². The van der Waals surface area contributed by atoms with Gasteiger partial charge in [-0.3, -0.25) is 14.4 Å². The summed E-state index contributed by atoms with van der Waals surface area (Å²) in [5, 5.41) is -0.517. The minimum atomic E-state index is -0.517. The van der Waals surface area contributed by atoms with Crippen molar-refractivity contribution in [2.45, 2.75) is 32.4 Å². The van der Waals surface area contributed by atoms with Crippen molar-refractivity contribution < 1.29 is 19.1 Å². The van der Waals surface area contributed by atoms with E-state index in [0.717, 1.165) is 11.1 Å². The maximum absolute atomic E-state index is 12.5. The molecule has 0 saturated carbocycles. The highest BCUT2D eigenvalue weighted by molar-refractivity contribution is 8.01. The van der Waals surface area contributed by atoms with Gasteiger partial charge >= 0.3 is 5.97 Å². The predicted octanol–water partition coefficient (Wildman–Crippen LogP) is 2.23. The van der Waals surface area contributed by atoms with Crippen molar-refractivity contribution in [3.8, 4) is 0 Å². The van der Waals surface area contributed by atoms with Gasteiger partial charge in [-0.1, -0.05) is 12.1 Å². The first kappa shape index (κ1) is 16.5. The third kappa shape index (κ3) is 3.32. The van der Waals surface area contributed by atoms with Crippen molar-refractivity contribution in [1.29, 1.82) is 0 Å². The number of rotatable bonds is 5. The first-order valence-electron chi connectivity index (χ1n) is 7.16. The summed E-state index contributed by atoms with van der Waals surface area (Å²) < 4.78 is 4.84. The number of imide groups is 1. The average Bonchev–Trinajstić information content (AvgIpc) is 2.75. The standard InChI is InChI=1S/C16H19NO4S/c1-4-21-15(19)9-22-13-8-14(18)17(16(13)20)12-7-5-6-10(2)11(12)3/h5-7,13H,4,8-9H2,1-3H3. The van der Waals surface area contributed by atoms with Crippen LogP contribution in [0, 0.1) is 13.8 Å². The molecule has 1 atom stereocenters. The summed E-state index contributed by atoms with van der Waals surface area (Å²) in [6, 6.07) is 5.55. The van der Waals surface area contributed by atoms with Gasteiger partial charge in [0.15, 0.2) is 0 Å². The molecule has 1 unspecified atom stereocenters. The van der Waals surface area contributed by atoms with Crippen molar-refractivity contribution in [1.82, 2.24) is 0 Å². The van der Waals surface area contributed by atoms with Crippen LogP contribution in [0.2, 0.25) is 0 Å². The van der Waals surface area contributed by atoms with Gasteiger partial charge in [0.1, 0.15) is 0 Å². The second-order valence-electron chi connectivity index (χ2n) is 5.10. The van der Waals surface area contributed by atoms with Gasteiger partial charge in [0.25, 0.3) is 0 Å². The molecule has 0 aromatic heterocycles. The first-order valence-corrected chi connectivity index (χ1v) is 8.20. The van der Waals surface area contributed by atoms with Crippen LogP contribution in [0.3, 0.4) is 0 Å². The lowest BCUT2D eigenvalue weighted by molar-refractivity contribution is -0.139. The largest absolute Gasteiger partial charge is 0.465 e. The quantitative estimate of drug-likeness (QED) is 0.615. The number of carbonyl (C=O) groups excluding carboxylic acids is 3. The zero-order valence-electron chi connectivity index (χ0n) is 12.9. The minimum Gasteiger partial charge on any atom is -0.465 e. The molecule has 22 heavy (non-hydrogen) atoms. The van der Waals surface area contributed by atoms with E-state index in [9.17, 15) is 14.4 Å². The number of hydrogen-bond donors (Lipinski definition) is 0. The van der Waals surface area contributed by atoms with E-state index in [4.69, 9.17) is 4.74 Å². The Balaban J connectivity index is 2.12. The molecule has 0 spiro atoms. The third-order valence-corrected chi connectivity index (χ3v) is 4.80. The molecule has 1 heterocycles. The number of aryl methyl sites for hydroxylation is 1. The van der Waals surface area contributed by atoms with Crippen molar-refractivity contribution in [2.24, 2.45) is 0 Å². The van der Waals surface area contributed by atoms with Gasteiger partial charge in [-0.05, 0) is 38.0 Å². The van der Waals surface area contributed by atoms with E-state index >= 15 is 0 Å². The highest BCUT2D eigenvalue weighted by atomic mass is 32.2. The highest BCUT2D eigenvalue weighted by Gasteiger charge is 2.40. The SMILES string of the molecule is CCOC(=O)CSC1CC(=O)N(c2cccc(C)c2C)C1=O. The molecule has 1 aromatic rings. The molecular formula is C16H19NO4S. The molecule has 2 amide bonds. The number of thioether (sulfide) groups is 1. The molecule has 6 heteroatoms. The molecule has 2 rings (SSSR count). The van der Waals surface area contributed by atoms with E-state index < -0.39 is 5.25 Å². The highest BCUT2D eigenvalue weighted by Crippen LogP contribution is 2.32. The number of hydrogen-bond acceptors (Lipinski definition) is 5. The van der Waals surface area contributed by atoms with Crippen molar-refractivity contribution in [3.05, 3.63) is 29.3 Å². The smallest absolute Gasteiger partial charge is 0.315 e. The van der Waals surface area contributed by atoms with Crippen LogP contribution in [0.25, 0.3) is 0 Å². The lowest BCUT2D eigenvalue weighted by Gasteiger charge is -2.18. The Hall–Kier alpha value is -1.82. The Morgan fingerprint density at radius 2 is 2.09 bits per heavy atom. The van der Waals surface area contributed by atoms with Gasteiger partial charge in [-0.15, -0.1) is 11.8 Å². The van der Waals surface area contributed by atoms with Crippen molar-refractivity contribution in [2.75, 3.05) is 17.3 Å². The minimum absolute atomic E-state index is 0.0815. The Labute approximate surface area is 134 Å². The molecule has 0 radical (unpaired) electrons. The zero-order chi connectivity index (χ0) is 16.3. The number of nitrogens with zero attached hydrogens (tertiary/aromatic N) is 1. The molecule has 0 N–H and O–H groups in total. The molecule has 0 aliphatic carbocycles. The fraction of sp³-hybridized carbons (Fsp3) is 0.438. The molecule has 5 nitrogen and oxygen atoms in total. The summed E-state index contributed by atoms with van der Waals surface area (Å²) in [6.07, 6.45) is 0.121. The first-order chi connectivity index (χ1) is 10.5. The van der Waals surface area contributed by atoms with Crippen LogP contribution in [0.15, 0.2) is 18.2 Å². The summed E-state index contributed by atoms with van der Waals surface area (Å²) in [7, 11) is 0. The molecule has 118 valence electrons. The Bertz CT molecular complexity index is 614. The normalized spacial score (nSPS) is 18.0. The van der Waals surface area contributed by atoms with Crippen LogP contribution >= 0.6 is 11.8 Å². The van der Waals surface area contributed by atoms with Crippen LogP contribution in [0.1, 0.15) is 24.5 Å². The molecule has 1 aliphatic rings. The van der Waals surface area contributed by atoms with Gasteiger partial charge in [0.2, 0.25) is 11.8 Å². The average molecular weight is 321 g/mol. The lowest BCUT2D eigenvalue weighted by atomic mass is 10.1. The number of benzene rings is 1. The van der Waals surface area contributed by atoms with E-state index in [-0.39, 0.29) is 30.0 Å². The van der Waals surface area contributed by atoms with Gasteiger partial charge in [0.05, 0.1) is 23.3 Å². The summed E-state index contributed by atoms with van der Waals surface area (Å²) >= 11 is 1.17. The Morgan fingerprint density at radius 3 is 2.77 bits per heavy atom. The van der Waals surface area contributed by atoms with Crippen LogP contribution in [0.5, 0.6) is 0 Å². The number of esters is 1. The van der Waals surface area contributed by atoms with E-state index in [1.807, 2.05) is 26.0 Å². The number of anilines is 1. The van der Waals surface area contributed by atoms with Crippen LogP contribution < -0.4 is 4.90 Å². The second kappa shape index (κ2) is 6.96. The second-order valence-corrected chi connectivity index (χ2v) is 6.29. The van der Waals surface area contributed by atoms with E-state index in [2.05, 4.69) is 0 Å². The summed E-state index contributed by atoms with van der Waals surface area (Å²) in [5.41, 5.74) is 2.58. The summed E-state index contributed by atoms with van der Waals surface area (Å²) in [4.78, 5) is 37.3. The molecule has 0 bridgehead atoms.